The number of benzene rings is 1. The first-order chi connectivity index (χ1) is 9.19. The van der Waals surface area contributed by atoms with Gasteiger partial charge in [-0.2, -0.15) is 0 Å². The van der Waals surface area contributed by atoms with Crippen molar-refractivity contribution in [1.82, 2.24) is 4.90 Å². The van der Waals surface area contributed by atoms with Crippen molar-refractivity contribution in [3.8, 4) is 5.75 Å². The number of aryl methyl sites for hydroxylation is 1. The number of methoxy groups -OCH3 is 1. The Hall–Kier alpha value is -1.55. The molecule has 1 atom stereocenters. The molecule has 1 aliphatic heterocycles. The van der Waals surface area contributed by atoms with Gasteiger partial charge < -0.3 is 15.4 Å². The predicted molar refractivity (Wildman–Crippen MR) is 75.1 cm³/mol. The number of hydrogen-bond donors (Lipinski definition) is 1. The molecule has 0 bridgehead atoms. The highest BCUT2D eigenvalue weighted by atomic mass is 16.5. The first-order valence-corrected chi connectivity index (χ1v) is 6.85. The first-order valence-electron chi connectivity index (χ1n) is 6.85. The third-order valence-electron chi connectivity index (χ3n) is 3.57. The lowest BCUT2D eigenvalue weighted by Gasteiger charge is -2.30. The molecule has 19 heavy (non-hydrogen) atoms. The third kappa shape index (κ3) is 3.96. The zero-order valence-electron chi connectivity index (χ0n) is 11.5. The fourth-order valence-corrected chi connectivity index (χ4v) is 2.47. The molecule has 1 amide bonds. The molecule has 1 aliphatic rings. The van der Waals surface area contributed by atoms with Gasteiger partial charge in [-0.3, -0.25) is 4.79 Å². The minimum absolute atomic E-state index is 0.148. The van der Waals surface area contributed by atoms with E-state index in [-0.39, 0.29) is 11.9 Å². The Kier molecular flexibility index (Phi) is 4.80. The van der Waals surface area contributed by atoms with E-state index in [2.05, 4.69) is 0 Å². The van der Waals surface area contributed by atoms with Crippen LogP contribution in [-0.2, 0) is 11.2 Å². The molecule has 0 saturated carbocycles. The number of carbonyl (C=O) groups excluding carboxylic acids is 1. The highest BCUT2D eigenvalue weighted by Gasteiger charge is 2.20. The van der Waals surface area contributed by atoms with Crippen LogP contribution >= 0.6 is 0 Å². The fourth-order valence-electron chi connectivity index (χ4n) is 2.47. The highest BCUT2D eigenvalue weighted by molar-refractivity contribution is 5.76. The average molecular weight is 262 g/mol. The maximum atomic E-state index is 12.1. The summed E-state index contributed by atoms with van der Waals surface area (Å²) in [5.41, 5.74) is 7.03. The normalized spacial score (nSPS) is 19.3. The number of hydrogen-bond acceptors (Lipinski definition) is 3. The quantitative estimate of drug-likeness (QED) is 0.896. The van der Waals surface area contributed by atoms with Gasteiger partial charge in [0.2, 0.25) is 5.91 Å². The monoisotopic (exact) mass is 262 g/mol. The van der Waals surface area contributed by atoms with Crippen molar-refractivity contribution < 1.29 is 9.53 Å². The van der Waals surface area contributed by atoms with Crippen LogP contribution in [0.15, 0.2) is 24.3 Å². The smallest absolute Gasteiger partial charge is 0.222 e. The van der Waals surface area contributed by atoms with Crippen molar-refractivity contribution in [3.05, 3.63) is 29.8 Å². The molecular formula is C15H22N2O2. The minimum atomic E-state index is 0.148. The van der Waals surface area contributed by atoms with Crippen LogP contribution in [0.5, 0.6) is 5.75 Å². The summed E-state index contributed by atoms with van der Waals surface area (Å²) in [6.07, 6.45) is 3.34. The summed E-state index contributed by atoms with van der Waals surface area (Å²) in [4.78, 5) is 14.0. The second-order valence-corrected chi connectivity index (χ2v) is 5.09. The molecule has 0 aliphatic carbocycles. The van der Waals surface area contributed by atoms with Crippen molar-refractivity contribution in [2.45, 2.75) is 31.7 Å². The number of rotatable bonds is 4. The minimum Gasteiger partial charge on any atom is -0.497 e. The second-order valence-electron chi connectivity index (χ2n) is 5.09. The average Bonchev–Trinajstić information content (AvgIpc) is 2.45. The molecule has 1 saturated heterocycles. The molecule has 0 radical (unpaired) electrons. The maximum Gasteiger partial charge on any atom is 0.222 e. The van der Waals surface area contributed by atoms with Crippen molar-refractivity contribution >= 4 is 5.91 Å². The van der Waals surface area contributed by atoms with Crippen LogP contribution in [0.2, 0.25) is 0 Å². The molecule has 1 aromatic carbocycles. The van der Waals surface area contributed by atoms with Crippen molar-refractivity contribution in [2.75, 3.05) is 20.2 Å². The van der Waals surface area contributed by atoms with E-state index in [0.717, 1.165) is 37.1 Å². The van der Waals surface area contributed by atoms with E-state index in [1.165, 1.54) is 0 Å². The summed E-state index contributed by atoms with van der Waals surface area (Å²) in [6, 6.07) is 8.02. The van der Waals surface area contributed by atoms with Gasteiger partial charge in [0.1, 0.15) is 5.75 Å². The zero-order chi connectivity index (χ0) is 13.7. The standard InChI is InChI=1S/C15H22N2O2/c1-19-14-6-2-4-12(10-14)7-8-15(18)17-9-3-5-13(16)11-17/h2,4,6,10,13H,3,5,7-9,11,16H2,1H3/t13-/m1/s1. The molecule has 4 heteroatoms. The zero-order valence-corrected chi connectivity index (χ0v) is 11.5. The van der Waals surface area contributed by atoms with E-state index >= 15 is 0 Å². The molecule has 1 heterocycles. The number of amides is 1. The number of likely N-dealkylation sites (tertiary alicyclic amines) is 1. The molecule has 0 unspecified atom stereocenters. The van der Waals surface area contributed by atoms with E-state index in [1.807, 2.05) is 29.2 Å². The van der Waals surface area contributed by atoms with Gasteiger partial charge >= 0.3 is 0 Å². The summed E-state index contributed by atoms with van der Waals surface area (Å²) < 4.78 is 5.18. The Morgan fingerprint density at radius 3 is 3.11 bits per heavy atom. The molecule has 2 N–H and O–H groups in total. The molecule has 0 spiro atoms. The van der Waals surface area contributed by atoms with Gasteiger partial charge in [0.05, 0.1) is 7.11 Å². The topological polar surface area (TPSA) is 55.6 Å². The van der Waals surface area contributed by atoms with Crippen molar-refractivity contribution in [3.63, 3.8) is 0 Å². The number of carbonyl (C=O) groups is 1. The number of nitrogens with two attached hydrogens (primary N) is 1. The van der Waals surface area contributed by atoms with Crippen LogP contribution in [0.3, 0.4) is 0 Å². The lowest BCUT2D eigenvalue weighted by Crippen LogP contribution is -2.45. The van der Waals surface area contributed by atoms with Gasteiger partial charge in [-0.1, -0.05) is 12.1 Å². The van der Waals surface area contributed by atoms with Crippen molar-refractivity contribution in [2.24, 2.45) is 5.73 Å². The number of nitrogens with zero attached hydrogens (tertiary/aromatic N) is 1. The van der Waals surface area contributed by atoms with E-state index < -0.39 is 0 Å². The SMILES string of the molecule is COc1cccc(CCC(=O)N2CCC[C@@H](N)C2)c1. The Bertz CT molecular complexity index is 434. The van der Waals surface area contributed by atoms with E-state index in [0.29, 0.717) is 13.0 Å². The Labute approximate surface area is 114 Å². The summed E-state index contributed by atoms with van der Waals surface area (Å²) in [7, 11) is 1.65. The lowest BCUT2D eigenvalue weighted by molar-refractivity contribution is -0.132. The van der Waals surface area contributed by atoms with Gasteiger partial charge in [-0.05, 0) is 37.0 Å². The van der Waals surface area contributed by atoms with E-state index in [1.54, 1.807) is 7.11 Å². The predicted octanol–water partition coefficient (Wildman–Crippen LogP) is 1.58. The summed E-state index contributed by atoms with van der Waals surface area (Å²) >= 11 is 0. The Morgan fingerprint density at radius 1 is 1.53 bits per heavy atom. The molecule has 2 rings (SSSR count). The molecule has 4 nitrogen and oxygen atoms in total. The summed E-state index contributed by atoms with van der Waals surface area (Å²) in [5, 5.41) is 0. The Morgan fingerprint density at radius 2 is 2.37 bits per heavy atom. The molecular weight excluding hydrogens is 240 g/mol. The molecule has 1 fully saturated rings. The lowest BCUT2D eigenvalue weighted by atomic mass is 10.0. The van der Waals surface area contributed by atoms with Crippen LogP contribution in [-0.4, -0.2) is 37.0 Å². The van der Waals surface area contributed by atoms with Gasteiger partial charge in [0.25, 0.3) is 0 Å². The largest absolute Gasteiger partial charge is 0.497 e. The second kappa shape index (κ2) is 6.57. The molecule has 104 valence electrons. The molecule has 1 aromatic rings. The van der Waals surface area contributed by atoms with Gasteiger partial charge in [0, 0.05) is 25.6 Å². The summed E-state index contributed by atoms with van der Waals surface area (Å²) in [6.45, 7) is 1.56. The summed E-state index contributed by atoms with van der Waals surface area (Å²) in [5.74, 6) is 1.04. The Balaban J connectivity index is 1.85. The van der Waals surface area contributed by atoms with Crippen LogP contribution in [0.25, 0.3) is 0 Å². The van der Waals surface area contributed by atoms with Crippen molar-refractivity contribution in [1.29, 1.82) is 0 Å². The van der Waals surface area contributed by atoms with Gasteiger partial charge in [-0.15, -0.1) is 0 Å². The first kappa shape index (κ1) is 13.9. The number of ether oxygens (including phenoxy) is 1. The van der Waals surface area contributed by atoms with E-state index in [9.17, 15) is 4.79 Å². The maximum absolute atomic E-state index is 12.1. The van der Waals surface area contributed by atoms with Crippen LogP contribution in [0, 0.1) is 0 Å². The number of piperidine rings is 1. The van der Waals surface area contributed by atoms with Gasteiger partial charge in [0.15, 0.2) is 0 Å². The third-order valence-corrected chi connectivity index (χ3v) is 3.57. The molecule has 0 aromatic heterocycles. The van der Waals surface area contributed by atoms with Crippen LogP contribution in [0.1, 0.15) is 24.8 Å². The fraction of sp³-hybridized carbons (Fsp3) is 0.533. The van der Waals surface area contributed by atoms with Gasteiger partial charge in [-0.25, -0.2) is 0 Å². The van der Waals surface area contributed by atoms with Crippen LogP contribution < -0.4 is 10.5 Å². The van der Waals surface area contributed by atoms with Crippen LogP contribution in [0.4, 0.5) is 0 Å². The highest BCUT2D eigenvalue weighted by Crippen LogP contribution is 2.15. The van der Waals surface area contributed by atoms with E-state index in [4.69, 9.17) is 10.5 Å².